The predicted molar refractivity (Wildman–Crippen MR) is 160 cm³/mol. The molecule has 1 aliphatic rings. The molecule has 0 amide bonds. The standard InChI is InChI=1S/C33H31FN2O5S/c1-5-39-32(38)29-21(4)35-33-36(30(29)23-12-16-26(17-13-23)41-20(2)3)31(37)28(42-33)18-22-10-14-25(15-11-22)40-19-24-8-6-7-9-27(24)34/h6-18,20,30H,5,19H2,1-4H3/b28-18-/t30-/m0/s1. The van der Waals surface area contributed by atoms with Crippen LogP contribution in [0.4, 0.5) is 4.39 Å². The van der Waals surface area contributed by atoms with E-state index in [1.807, 2.05) is 50.2 Å². The first kappa shape index (κ1) is 29.0. The molecule has 9 heteroatoms. The summed E-state index contributed by atoms with van der Waals surface area (Å²) < 4.78 is 32.8. The van der Waals surface area contributed by atoms with Gasteiger partial charge in [-0.15, -0.1) is 0 Å². The quantitative estimate of drug-likeness (QED) is 0.249. The van der Waals surface area contributed by atoms with E-state index in [2.05, 4.69) is 4.99 Å². The second kappa shape index (κ2) is 12.6. The number of carbonyl (C=O) groups excluding carboxylic acids is 1. The van der Waals surface area contributed by atoms with Gasteiger partial charge in [-0.1, -0.05) is 53.8 Å². The summed E-state index contributed by atoms with van der Waals surface area (Å²) in [5.74, 6) is 0.452. The number of benzene rings is 3. The van der Waals surface area contributed by atoms with Crippen LogP contribution in [-0.4, -0.2) is 23.2 Å². The topological polar surface area (TPSA) is 79.1 Å². The SMILES string of the molecule is CCOC(=O)C1=C(C)N=c2s/c(=C\c3ccc(OCc4ccccc4F)cc3)c(=O)n2[C@H]1c1ccc(OC(C)C)cc1. The third-order valence-electron chi connectivity index (χ3n) is 6.61. The number of rotatable bonds is 9. The van der Waals surface area contributed by atoms with Crippen LogP contribution in [0, 0.1) is 5.82 Å². The maximum Gasteiger partial charge on any atom is 0.338 e. The van der Waals surface area contributed by atoms with Crippen molar-refractivity contribution in [2.45, 2.75) is 46.4 Å². The Kier molecular flexibility index (Phi) is 8.68. The van der Waals surface area contributed by atoms with Crippen molar-refractivity contribution in [2.24, 2.45) is 4.99 Å². The van der Waals surface area contributed by atoms with Gasteiger partial charge in [0.15, 0.2) is 4.80 Å². The number of hydrogen-bond donors (Lipinski definition) is 0. The van der Waals surface area contributed by atoms with Crippen molar-refractivity contribution < 1.29 is 23.4 Å². The molecule has 5 rings (SSSR count). The molecular formula is C33H31FN2O5S. The summed E-state index contributed by atoms with van der Waals surface area (Å²) >= 11 is 1.26. The van der Waals surface area contributed by atoms with Gasteiger partial charge in [0, 0.05) is 5.56 Å². The van der Waals surface area contributed by atoms with Crippen LogP contribution in [0.15, 0.2) is 93.9 Å². The molecule has 0 aliphatic carbocycles. The second-order valence-electron chi connectivity index (χ2n) is 9.99. The van der Waals surface area contributed by atoms with Crippen molar-refractivity contribution in [3.8, 4) is 11.5 Å². The minimum Gasteiger partial charge on any atom is -0.491 e. The molecule has 0 fully saturated rings. The van der Waals surface area contributed by atoms with Crippen LogP contribution in [0.25, 0.3) is 6.08 Å². The van der Waals surface area contributed by atoms with Gasteiger partial charge >= 0.3 is 5.97 Å². The van der Waals surface area contributed by atoms with Gasteiger partial charge < -0.3 is 14.2 Å². The fraction of sp³-hybridized carbons (Fsp3) is 0.242. The van der Waals surface area contributed by atoms with E-state index in [1.54, 1.807) is 54.8 Å². The Balaban J connectivity index is 1.49. The van der Waals surface area contributed by atoms with Crippen molar-refractivity contribution in [3.05, 3.63) is 126 Å². The van der Waals surface area contributed by atoms with Crippen LogP contribution >= 0.6 is 11.3 Å². The minimum absolute atomic E-state index is 0.0123. The van der Waals surface area contributed by atoms with Crippen molar-refractivity contribution >= 4 is 23.4 Å². The summed E-state index contributed by atoms with van der Waals surface area (Å²) in [7, 11) is 0. The van der Waals surface area contributed by atoms with Crippen LogP contribution in [-0.2, 0) is 16.1 Å². The number of allylic oxidation sites excluding steroid dienone is 1. The molecule has 0 saturated heterocycles. The number of hydrogen-bond acceptors (Lipinski definition) is 7. The number of nitrogens with zero attached hydrogens (tertiary/aromatic N) is 2. The summed E-state index contributed by atoms with van der Waals surface area (Å²) in [6.45, 7) is 7.70. The molecular weight excluding hydrogens is 555 g/mol. The molecule has 0 unspecified atom stereocenters. The highest BCUT2D eigenvalue weighted by molar-refractivity contribution is 7.07. The zero-order valence-corrected chi connectivity index (χ0v) is 24.6. The van der Waals surface area contributed by atoms with E-state index in [4.69, 9.17) is 14.2 Å². The van der Waals surface area contributed by atoms with Gasteiger partial charge in [-0.05, 0) is 75.2 Å². The maximum absolute atomic E-state index is 13.9. The van der Waals surface area contributed by atoms with Crippen LogP contribution in [0.2, 0.25) is 0 Å². The first-order chi connectivity index (χ1) is 20.2. The van der Waals surface area contributed by atoms with E-state index in [-0.39, 0.29) is 30.7 Å². The van der Waals surface area contributed by atoms with E-state index in [0.717, 1.165) is 11.1 Å². The molecule has 1 atom stereocenters. The van der Waals surface area contributed by atoms with Crippen LogP contribution in [0.5, 0.6) is 11.5 Å². The van der Waals surface area contributed by atoms with Gasteiger partial charge in [-0.25, -0.2) is 14.2 Å². The number of esters is 1. The molecule has 2 heterocycles. The summed E-state index contributed by atoms with van der Waals surface area (Å²) in [6.07, 6.45) is 1.79. The lowest BCUT2D eigenvalue weighted by Gasteiger charge is -2.25. The summed E-state index contributed by atoms with van der Waals surface area (Å²) in [5.41, 5.74) is 2.56. The molecule has 1 aromatic heterocycles. The van der Waals surface area contributed by atoms with E-state index in [9.17, 15) is 14.0 Å². The Bertz CT molecular complexity index is 1800. The molecule has 3 aromatic carbocycles. The Morgan fingerprint density at radius 3 is 2.40 bits per heavy atom. The Morgan fingerprint density at radius 1 is 1.05 bits per heavy atom. The average Bonchev–Trinajstić information content (AvgIpc) is 3.26. The summed E-state index contributed by atoms with van der Waals surface area (Å²) in [4.78, 5) is 32.0. The third-order valence-corrected chi connectivity index (χ3v) is 7.60. The fourth-order valence-corrected chi connectivity index (χ4v) is 5.74. The number of aromatic nitrogens is 1. The molecule has 7 nitrogen and oxygen atoms in total. The van der Waals surface area contributed by atoms with E-state index in [0.29, 0.717) is 37.7 Å². The average molecular weight is 587 g/mol. The Morgan fingerprint density at radius 2 is 1.74 bits per heavy atom. The highest BCUT2D eigenvalue weighted by Gasteiger charge is 2.33. The third kappa shape index (κ3) is 6.21. The second-order valence-corrected chi connectivity index (χ2v) is 11.0. The predicted octanol–water partition coefficient (Wildman–Crippen LogP) is 5.30. The first-order valence-corrected chi connectivity index (χ1v) is 14.5. The summed E-state index contributed by atoms with van der Waals surface area (Å²) in [5, 5.41) is 0. The van der Waals surface area contributed by atoms with Crippen molar-refractivity contribution in [1.29, 1.82) is 0 Å². The van der Waals surface area contributed by atoms with Gasteiger partial charge in [0.2, 0.25) is 0 Å². The number of carbonyl (C=O) groups is 1. The van der Waals surface area contributed by atoms with Crippen LogP contribution in [0.1, 0.15) is 50.4 Å². The molecule has 0 radical (unpaired) electrons. The molecule has 42 heavy (non-hydrogen) atoms. The number of ether oxygens (including phenoxy) is 3. The molecule has 0 N–H and O–H groups in total. The van der Waals surface area contributed by atoms with Gasteiger partial charge in [-0.2, -0.15) is 0 Å². The smallest absolute Gasteiger partial charge is 0.338 e. The lowest BCUT2D eigenvalue weighted by atomic mass is 9.96. The van der Waals surface area contributed by atoms with Gasteiger partial charge in [0.25, 0.3) is 5.56 Å². The zero-order valence-electron chi connectivity index (χ0n) is 23.8. The van der Waals surface area contributed by atoms with Crippen molar-refractivity contribution in [3.63, 3.8) is 0 Å². The monoisotopic (exact) mass is 586 g/mol. The van der Waals surface area contributed by atoms with Crippen molar-refractivity contribution in [2.75, 3.05) is 6.61 Å². The number of halogens is 1. The fourth-order valence-electron chi connectivity index (χ4n) is 4.70. The minimum atomic E-state index is -0.704. The van der Waals surface area contributed by atoms with E-state index >= 15 is 0 Å². The maximum atomic E-state index is 13.9. The number of thiazole rings is 1. The van der Waals surface area contributed by atoms with Gasteiger partial charge in [0.05, 0.1) is 34.6 Å². The number of fused-ring (bicyclic) bond motifs is 1. The normalized spacial score (nSPS) is 14.9. The molecule has 1 aliphatic heterocycles. The van der Waals surface area contributed by atoms with Crippen LogP contribution in [0.3, 0.4) is 0 Å². The molecule has 0 saturated carbocycles. The molecule has 216 valence electrons. The van der Waals surface area contributed by atoms with Gasteiger partial charge in [0.1, 0.15) is 23.9 Å². The van der Waals surface area contributed by atoms with Gasteiger partial charge in [-0.3, -0.25) is 9.36 Å². The Hall–Kier alpha value is -4.50. The summed E-state index contributed by atoms with van der Waals surface area (Å²) in [6, 6.07) is 20.4. The zero-order chi connectivity index (χ0) is 29.8. The largest absolute Gasteiger partial charge is 0.491 e. The Labute approximate surface area is 246 Å². The molecule has 4 aromatic rings. The highest BCUT2D eigenvalue weighted by atomic mass is 32.1. The lowest BCUT2D eigenvalue weighted by molar-refractivity contribution is -0.139. The van der Waals surface area contributed by atoms with E-state index < -0.39 is 12.0 Å². The molecule has 0 spiro atoms. The van der Waals surface area contributed by atoms with Crippen LogP contribution < -0.4 is 24.4 Å². The highest BCUT2D eigenvalue weighted by Crippen LogP contribution is 2.31. The molecule has 0 bridgehead atoms. The van der Waals surface area contributed by atoms with Crippen molar-refractivity contribution in [1.82, 2.24) is 4.57 Å². The first-order valence-electron chi connectivity index (χ1n) is 13.7. The lowest BCUT2D eigenvalue weighted by Crippen LogP contribution is -2.39. The van der Waals surface area contributed by atoms with E-state index in [1.165, 1.54) is 17.4 Å².